The number of para-hydroxylation sites is 1. The number of hydrogen-bond acceptors (Lipinski definition) is 5. The summed E-state index contributed by atoms with van der Waals surface area (Å²) in [5, 5.41) is 3.76. The van der Waals surface area contributed by atoms with E-state index in [0.29, 0.717) is 11.3 Å². The van der Waals surface area contributed by atoms with Gasteiger partial charge in [-0.25, -0.2) is 4.39 Å². The van der Waals surface area contributed by atoms with Crippen molar-refractivity contribution in [2.75, 3.05) is 0 Å². The zero-order chi connectivity index (χ0) is 21.4. The van der Waals surface area contributed by atoms with Crippen LogP contribution in [0.5, 0.6) is 0 Å². The molecule has 0 atom stereocenters. The third kappa shape index (κ3) is 3.57. The molecule has 0 spiro atoms. The van der Waals surface area contributed by atoms with Crippen molar-refractivity contribution in [2.24, 2.45) is 0 Å². The van der Waals surface area contributed by atoms with Crippen LogP contribution in [0.2, 0.25) is 5.02 Å². The molecule has 0 aliphatic heterocycles. The van der Waals surface area contributed by atoms with Crippen LogP contribution in [0.25, 0.3) is 17.1 Å². The van der Waals surface area contributed by atoms with E-state index in [1.54, 1.807) is 0 Å². The molecule has 0 amide bonds. The summed E-state index contributed by atoms with van der Waals surface area (Å²) in [4.78, 5) is 29.5. The fourth-order valence-corrected chi connectivity index (χ4v) is 3.39. The molecule has 0 saturated carbocycles. The molecule has 0 N–H and O–H groups in total. The van der Waals surface area contributed by atoms with Crippen molar-refractivity contribution >= 4 is 11.6 Å². The number of nitrogens with zero attached hydrogens (tertiary/aromatic N) is 4. The van der Waals surface area contributed by atoms with Crippen LogP contribution in [-0.2, 0) is 6.54 Å². The van der Waals surface area contributed by atoms with Crippen LogP contribution in [0.1, 0.15) is 17.0 Å². The van der Waals surface area contributed by atoms with Gasteiger partial charge in [-0.05, 0) is 43.2 Å². The van der Waals surface area contributed by atoms with Crippen LogP contribution in [0, 0.1) is 19.7 Å². The van der Waals surface area contributed by atoms with Gasteiger partial charge < -0.3 is 4.52 Å². The molecule has 0 aliphatic carbocycles. The summed E-state index contributed by atoms with van der Waals surface area (Å²) in [5.41, 5.74) is 1.52. The van der Waals surface area contributed by atoms with Crippen molar-refractivity contribution in [3.05, 3.63) is 97.4 Å². The lowest BCUT2D eigenvalue weighted by Crippen LogP contribution is -2.40. The topological polar surface area (TPSA) is 82.9 Å². The first-order valence-electron chi connectivity index (χ1n) is 9.02. The highest BCUT2D eigenvalue weighted by Gasteiger charge is 2.14. The second-order valence-corrected chi connectivity index (χ2v) is 7.19. The molecule has 4 aromatic rings. The van der Waals surface area contributed by atoms with Gasteiger partial charge in [0.15, 0.2) is 0 Å². The number of hydrogen-bond donors (Lipinski definition) is 0. The fourth-order valence-electron chi connectivity index (χ4n) is 3.21. The highest BCUT2D eigenvalue weighted by molar-refractivity contribution is 6.31. The Labute approximate surface area is 175 Å². The SMILES string of the molecule is Cc1cccc(C)c1-n1ccn(Cc2nc(-c3ccc(F)c(Cl)c3)no2)c(=O)c1=O. The highest BCUT2D eigenvalue weighted by atomic mass is 35.5. The van der Waals surface area contributed by atoms with Crippen LogP contribution in [0.15, 0.2) is 62.9 Å². The summed E-state index contributed by atoms with van der Waals surface area (Å²) < 4.78 is 21.0. The van der Waals surface area contributed by atoms with E-state index < -0.39 is 16.9 Å². The summed E-state index contributed by atoms with van der Waals surface area (Å²) in [6.07, 6.45) is 3.03. The molecule has 2 aromatic carbocycles. The van der Waals surface area contributed by atoms with E-state index in [4.69, 9.17) is 16.1 Å². The first kappa shape index (κ1) is 19.8. The van der Waals surface area contributed by atoms with Gasteiger partial charge in [-0.15, -0.1) is 0 Å². The van der Waals surface area contributed by atoms with Gasteiger partial charge >= 0.3 is 11.1 Å². The first-order valence-corrected chi connectivity index (χ1v) is 9.39. The molecule has 7 nitrogen and oxygen atoms in total. The van der Waals surface area contributed by atoms with Crippen LogP contribution in [-0.4, -0.2) is 19.3 Å². The quantitative estimate of drug-likeness (QED) is 0.466. The summed E-state index contributed by atoms with van der Waals surface area (Å²) in [7, 11) is 0. The molecule has 0 radical (unpaired) electrons. The van der Waals surface area contributed by atoms with Crippen molar-refractivity contribution in [3.63, 3.8) is 0 Å². The molecule has 30 heavy (non-hydrogen) atoms. The summed E-state index contributed by atoms with van der Waals surface area (Å²) in [5.74, 6) is -0.235. The fraction of sp³-hybridized carbons (Fsp3) is 0.143. The Morgan fingerprint density at radius 1 is 1.07 bits per heavy atom. The van der Waals surface area contributed by atoms with Gasteiger partial charge in [-0.1, -0.05) is 35.0 Å². The zero-order valence-electron chi connectivity index (χ0n) is 16.1. The molecular formula is C21H16ClFN4O3. The lowest BCUT2D eigenvalue weighted by molar-refractivity contribution is 0.369. The number of aromatic nitrogens is 4. The van der Waals surface area contributed by atoms with Crippen molar-refractivity contribution in [2.45, 2.75) is 20.4 Å². The van der Waals surface area contributed by atoms with Crippen LogP contribution in [0.4, 0.5) is 4.39 Å². The molecule has 9 heteroatoms. The maximum Gasteiger partial charge on any atom is 0.321 e. The second kappa shape index (κ2) is 7.72. The minimum atomic E-state index is -0.718. The molecule has 0 saturated heterocycles. The van der Waals surface area contributed by atoms with Crippen LogP contribution < -0.4 is 11.1 Å². The lowest BCUT2D eigenvalue weighted by atomic mass is 10.1. The first-order chi connectivity index (χ1) is 14.3. The smallest absolute Gasteiger partial charge is 0.321 e. The maximum atomic E-state index is 13.3. The minimum Gasteiger partial charge on any atom is -0.337 e. The van der Waals surface area contributed by atoms with Crippen molar-refractivity contribution < 1.29 is 8.91 Å². The predicted octanol–water partition coefficient (Wildman–Crippen LogP) is 3.51. The molecule has 0 aliphatic rings. The van der Waals surface area contributed by atoms with E-state index >= 15 is 0 Å². The Hall–Kier alpha value is -3.52. The van der Waals surface area contributed by atoms with E-state index in [9.17, 15) is 14.0 Å². The number of halogens is 2. The Morgan fingerprint density at radius 3 is 2.50 bits per heavy atom. The van der Waals surface area contributed by atoms with Gasteiger partial charge in [-0.3, -0.25) is 18.7 Å². The number of aryl methyl sites for hydroxylation is 2. The average molecular weight is 427 g/mol. The van der Waals surface area contributed by atoms with Crippen molar-refractivity contribution in [1.29, 1.82) is 0 Å². The molecule has 4 rings (SSSR count). The number of benzene rings is 2. The minimum absolute atomic E-state index is 0.0646. The van der Waals surface area contributed by atoms with Crippen LogP contribution >= 0.6 is 11.6 Å². The van der Waals surface area contributed by atoms with Gasteiger partial charge in [0.25, 0.3) is 0 Å². The normalized spacial score (nSPS) is 11.1. The summed E-state index contributed by atoms with van der Waals surface area (Å²) in [6, 6.07) is 9.69. The van der Waals surface area contributed by atoms with Gasteiger partial charge in [0.1, 0.15) is 12.4 Å². The van der Waals surface area contributed by atoms with Gasteiger partial charge in [0.2, 0.25) is 11.7 Å². The Balaban J connectivity index is 1.66. The van der Waals surface area contributed by atoms with Crippen LogP contribution in [0.3, 0.4) is 0 Å². The van der Waals surface area contributed by atoms with Crippen molar-refractivity contribution in [3.8, 4) is 17.1 Å². The second-order valence-electron chi connectivity index (χ2n) is 6.79. The monoisotopic (exact) mass is 426 g/mol. The Bertz CT molecular complexity index is 1350. The summed E-state index contributed by atoms with van der Waals surface area (Å²) >= 11 is 5.78. The largest absolute Gasteiger partial charge is 0.337 e. The standard InChI is InChI=1S/C21H16ClFN4O3/c1-12-4-3-5-13(2)18(12)27-9-8-26(20(28)21(27)29)11-17-24-19(25-30-17)14-6-7-16(23)15(22)10-14/h3-10H,11H2,1-2H3. The van der Waals surface area contributed by atoms with E-state index in [0.717, 1.165) is 11.1 Å². The van der Waals surface area contributed by atoms with E-state index in [2.05, 4.69) is 10.1 Å². The highest BCUT2D eigenvalue weighted by Crippen LogP contribution is 2.23. The Morgan fingerprint density at radius 2 is 1.80 bits per heavy atom. The molecule has 152 valence electrons. The Kier molecular flexibility index (Phi) is 5.09. The summed E-state index contributed by atoms with van der Waals surface area (Å²) in [6.45, 7) is 3.67. The maximum absolute atomic E-state index is 13.3. The van der Waals surface area contributed by atoms with E-state index in [-0.39, 0.29) is 23.3 Å². The average Bonchev–Trinajstić information content (AvgIpc) is 3.17. The molecular weight excluding hydrogens is 411 g/mol. The van der Waals surface area contributed by atoms with Gasteiger partial charge in [0, 0.05) is 18.0 Å². The lowest BCUT2D eigenvalue weighted by Gasteiger charge is -2.12. The van der Waals surface area contributed by atoms with E-state index in [1.165, 1.54) is 39.7 Å². The van der Waals surface area contributed by atoms with E-state index in [1.807, 2.05) is 32.0 Å². The number of rotatable bonds is 4. The zero-order valence-corrected chi connectivity index (χ0v) is 16.9. The van der Waals surface area contributed by atoms with Gasteiger partial charge in [0.05, 0.1) is 10.7 Å². The third-order valence-electron chi connectivity index (χ3n) is 4.69. The molecule has 2 heterocycles. The molecule has 2 aromatic heterocycles. The predicted molar refractivity (Wildman–Crippen MR) is 110 cm³/mol. The molecule has 0 unspecified atom stereocenters. The molecule has 0 bridgehead atoms. The van der Waals surface area contributed by atoms with Crippen molar-refractivity contribution in [1.82, 2.24) is 19.3 Å². The molecule has 0 fully saturated rings. The van der Waals surface area contributed by atoms with Gasteiger partial charge in [-0.2, -0.15) is 4.98 Å². The third-order valence-corrected chi connectivity index (χ3v) is 4.98.